The van der Waals surface area contributed by atoms with Crippen molar-refractivity contribution in [3.05, 3.63) is 24.1 Å². The zero-order valence-corrected chi connectivity index (χ0v) is 9.47. The molecule has 2 N–H and O–H groups in total. The molecule has 3 rings (SSSR count). The van der Waals surface area contributed by atoms with Crippen LogP contribution in [0.5, 0.6) is 0 Å². The Bertz CT molecular complexity index is 507. The lowest BCUT2D eigenvalue weighted by molar-refractivity contribution is 0.423. The first-order valence-corrected chi connectivity index (χ1v) is 5.59. The summed E-state index contributed by atoms with van der Waals surface area (Å²) >= 11 is 0. The van der Waals surface area contributed by atoms with E-state index in [1.807, 2.05) is 6.92 Å². The lowest BCUT2D eigenvalue weighted by Gasteiger charge is -2.08. The van der Waals surface area contributed by atoms with Crippen molar-refractivity contribution >= 4 is 17.6 Å². The minimum absolute atomic E-state index is 0.521. The molecule has 88 valence electrons. The van der Waals surface area contributed by atoms with Crippen LogP contribution in [0.15, 0.2) is 23.0 Å². The second-order valence-corrected chi connectivity index (χ2v) is 4.15. The summed E-state index contributed by atoms with van der Waals surface area (Å²) < 4.78 is 4.73. The maximum Gasteiger partial charge on any atom is 0.230 e. The minimum Gasteiger partial charge on any atom is -0.367 e. The summed E-state index contributed by atoms with van der Waals surface area (Å²) in [6.45, 7) is 1.99. The molecule has 0 aliphatic heterocycles. The Kier molecular flexibility index (Phi) is 2.40. The van der Waals surface area contributed by atoms with Gasteiger partial charge in [-0.2, -0.15) is 4.98 Å². The Balaban J connectivity index is 1.79. The Morgan fingerprint density at radius 2 is 2.29 bits per heavy atom. The summed E-state index contributed by atoms with van der Waals surface area (Å²) in [5, 5.41) is 10.1. The Hall–Kier alpha value is -2.11. The fourth-order valence-corrected chi connectivity index (χ4v) is 1.46. The molecule has 1 fully saturated rings. The molecule has 0 saturated heterocycles. The summed E-state index contributed by atoms with van der Waals surface area (Å²) in [7, 11) is 0. The third-order valence-electron chi connectivity index (χ3n) is 2.57. The molecule has 2 heterocycles. The van der Waals surface area contributed by atoms with Crippen molar-refractivity contribution in [2.45, 2.75) is 25.8 Å². The van der Waals surface area contributed by atoms with Crippen LogP contribution in [-0.2, 0) is 0 Å². The molecule has 2 aromatic rings. The quantitative estimate of drug-likeness (QED) is 0.839. The number of rotatable bonds is 4. The Morgan fingerprint density at radius 3 is 3.00 bits per heavy atom. The highest BCUT2D eigenvalue weighted by Gasteiger charge is 2.22. The van der Waals surface area contributed by atoms with E-state index in [0.29, 0.717) is 17.8 Å². The van der Waals surface area contributed by atoms with Gasteiger partial charge in [0.1, 0.15) is 12.1 Å². The molecule has 1 aliphatic rings. The second kappa shape index (κ2) is 4.04. The molecular formula is C11H13N5O. The molecule has 6 heteroatoms. The van der Waals surface area contributed by atoms with E-state index in [0.717, 1.165) is 11.4 Å². The van der Waals surface area contributed by atoms with Gasteiger partial charge in [0, 0.05) is 23.9 Å². The van der Waals surface area contributed by atoms with Crippen molar-refractivity contribution in [1.29, 1.82) is 0 Å². The predicted octanol–water partition coefficient (Wildman–Crippen LogP) is 2.09. The van der Waals surface area contributed by atoms with Crippen LogP contribution in [-0.4, -0.2) is 21.2 Å². The van der Waals surface area contributed by atoms with Gasteiger partial charge >= 0.3 is 0 Å². The summed E-state index contributed by atoms with van der Waals surface area (Å²) in [5.41, 5.74) is 1.04. The second-order valence-electron chi connectivity index (χ2n) is 4.15. The third kappa shape index (κ3) is 2.35. The summed E-state index contributed by atoms with van der Waals surface area (Å²) in [6.07, 6.45) is 5.73. The minimum atomic E-state index is 0.521. The maximum atomic E-state index is 4.73. The van der Waals surface area contributed by atoms with Crippen LogP contribution in [0.1, 0.15) is 18.4 Å². The standard InChI is InChI=1S/C11H13N5O/c1-7-6-12-11(14-9-4-5-17-16-9)15-10(7)13-8-2-3-8/h4-6,8H,2-3H2,1H3,(H2,12,13,14,15,16). The van der Waals surface area contributed by atoms with E-state index in [1.165, 1.54) is 19.1 Å². The molecule has 17 heavy (non-hydrogen) atoms. The monoisotopic (exact) mass is 231 g/mol. The normalized spacial score (nSPS) is 14.6. The van der Waals surface area contributed by atoms with Crippen LogP contribution in [0.25, 0.3) is 0 Å². The molecule has 0 bridgehead atoms. The molecule has 0 amide bonds. The topological polar surface area (TPSA) is 75.9 Å². The number of aryl methyl sites for hydroxylation is 1. The average Bonchev–Trinajstić information content (AvgIpc) is 2.98. The highest BCUT2D eigenvalue weighted by Crippen LogP contribution is 2.25. The lowest BCUT2D eigenvalue weighted by atomic mass is 10.3. The van der Waals surface area contributed by atoms with Gasteiger partial charge in [0.15, 0.2) is 5.82 Å². The molecule has 1 saturated carbocycles. The third-order valence-corrected chi connectivity index (χ3v) is 2.57. The average molecular weight is 231 g/mol. The molecular weight excluding hydrogens is 218 g/mol. The van der Waals surface area contributed by atoms with E-state index < -0.39 is 0 Å². The van der Waals surface area contributed by atoms with Crippen LogP contribution < -0.4 is 10.6 Å². The van der Waals surface area contributed by atoms with Crippen LogP contribution in [0.3, 0.4) is 0 Å². The first-order valence-electron chi connectivity index (χ1n) is 5.59. The van der Waals surface area contributed by atoms with Crippen LogP contribution in [0.2, 0.25) is 0 Å². The molecule has 0 spiro atoms. The number of nitrogens with zero attached hydrogens (tertiary/aromatic N) is 3. The van der Waals surface area contributed by atoms with E-state index in [4.69, 9.17) is 4.52 Å². The number of nitrogens with one attached hydrogen (secondary N) is 2. The van der Waals surface area contributed by atoms with Gasteiger partial charge in [-0.1, -0.05) is 5.16 Å². The first-order chi connectivity index (χ1) is 8.31. The van der Waals surface area contributed by atoms with Gasteiger partial charge in [0.25, 0.3) is 0 Å². The van der Waals surface area contributed by atoms with Gasteiger partial charge in [0.2, 0.25) is 5.95 Å². The zero-order chi connectivity index (χ0) is 11.7. The molecule has 0 radical (unpaired) electrons. The fraction of sp³-hybridized carbons (Fsp3) is 0.364. The van der Waals surface area contributed by atoms with Crippen molar-refractivity contribution in [2.75, 3.05) is 10.6 Å². The van der Waals surface area contributed by atoms with Gasteiger partial charge in [-0.3, -0.25) is 0 Å². The number of hydrogen-bond acceptors (Lipinski definition) is 6. The van der Waals surface area contributed by atoms with Crippen LogP contribution in [0, 0.1) is 6.92 Å². The fourth-order valence-electron chi connectivity index (χ4n) is 1.46. The smallest absolute Gasteiger partial charge is 0.230 e. The Morgan fingerprint density at radius 1 is 1.41 bits per heavy atom. The number of aromatic nitrogens is 3. The van der Waals surface area contributed by atoms with Gasteiger partial charge in [0.05, 0.1) is 0 Å². The van der Waals surface area contributed by atoms with E-state index in [-0.39, 0.29) is 0 Å². The zero-order valence-electron chi connectivity index (χ0n) is 9.47. The first kappa shape index (κ1) is 10.1. The van der Waals surface area contributed by atoms with Gasteiger partial charge in [-0.15, -0.1) is 0 Å². The van der Waals surface area contributed by atoms with Gasteiger partial charge < -0.3 is 15.2 Å². The number of hydrogen-bond donors (Lipinski definition) is 2. The van der Waals surface area contributed by atoms with E-state index in [2.05, 4.69) is 25.8 Å². The summed E-state index contributed by atoms with van der Waals surface area (Å²) in [5.74, 6) is 2.01. The molecule has 1 aliphatic carbocycles. The Labute approximate surface area is 98.4 Å². The molecule has 0 aromatic carbocycles. The van der Waals surface area contributed by atoms with Crippen molar-refractivity contribution in [3.8, 4) is 0 Å². The lowest BCUT2D eigenvalue weighted by Crippen LogP contribution is -2.07. The summed E-state index contributed by atoms with van der Waals surface area (Å²) in [6, 6.07) is 2.29. The summed E-state index contributed by atoms with van der Waals surface area (Å²) in [4.78, 5) is 8.61. The molecule has 0 unspecified atom stereocenters. The maximum absolute atomic E-state index is 4.73. The van der Waals surface area contributed by atoms with Crippen molar-refractivity contribution in [1.82, 2.24) is 15.1 Å². The van der Waals surface area contributed by atoms with Crippen LogP contribution in [0.4, 0.5) is 17.6 Å². The SMILES string of the molecule is Cc1cnc(Nc2ccon2)nc1NC1CC1. The largest absolute Gasteiger partial charge is 0.367 e. The highest BCUT2D eigenvalue weighted by molar-refractivity contribution is 5.52. The molecule has 0 atom stereocenters. The van der Waals surface area contributed by atoms with E-state index >= 15 is 0 Å². The molecule has 2 aromatic heterocycles. The molecule has 6 nitrogen and oxygen atoms in total. The van der Waals surface area contributed by atoms with Crippen molar-refractivity contribution < 1.29 is 4.52 Å². The van der Waals surface area contributed by atoms with Gasteiger partial charge in [-0.05, 0) is 19.8 Å². The number of anilines is 3. The van der Waals surface area contributed by atoms with Crippen molar-refractivity contribution in [3.63, 3.8) is 0 Å². The van der Waals surface area contributed by atoms with Crippen LogP contribution >= 0.6 is 0 Å². The predicted molar refractivity (Wildman–Crippen MR) is 63.2 cm³/mol. The van der Waals surface area contributed by atoms with E-state index in [9.17, 15) is 0 Å². The highest BCUT2D eigenvalue weighted by atomic mass is 16.5. The van der Waals surface area contributed by atoms with E-state index in [1.54, 1.807) is 12.3 Å². The van der Waals surface area contributed by atoms with Gasteiger partial charge in [-0.25, -0.2) is 4.98 Å². The van der Waals surface area contributed by atoms with Crippen molar-refractivity contribution in [2.24, 2.45) is 0 Å².